The quantitative estimate of drug-likeness (QED) is 0.619. The Morgan fingerprint density at radius 1 is 0.929 bits per heavy atom. The lowest BCUT2D eigenvalue weighted by Crippen LogP contribution is -2.30. The van der Waals surface area contributed by atoms with E-state index < -0.39 is 10.0 Å². The monoisotopic (exact) mass is 422 g/mol. The molecule has 0 aliphatic carbocycles. The van der Waals surface area contributed by atoms with E-state index in [0.29, 0.717) is 29.4 Å². The van der Waals surface area contributed by atoms with Gasteiger partial charge in [0.1, 0.15) is 0 Å². The molecular weight excluding hydrogens is 400 g/mol. The van der Waals surface area contributed by atoms with Crippen molar-refractivity contribution in [3.8, 4) is 0 Å². The molecule has 0 aromatic heterocycles. The SMILES string of the molecule is CCN(CC)S(=O)(=O)c1ccc(NC(=O)CCC(=O)c2ccc(Cl)cc2)cc1. The van der Waals surface area contributed by atoms with Crippen LogP contribution < -0.4 is 5.32 Å². The average molecular weight is 423 g/mol. The number of carbonyl (C=O) groups is 2. The molecule has 0 fully saturated rings. The van der Waals surface area contributed by atoms with Crippen molar-refractivity contribution in [2.45, 2.75) is 31.6 Å². The van der Waals surface area contributed by atoms with E-state index in [2.05, 4.69) is 5.32 Å². The molecule has 2 rings (SSSR count). The highest BCUT2D eigenvalue weighted by molar-refractivity contribution is 7.89. The van der Waals surface area contributed by atoms with Crippen LogP contribution in [-0.2, 0) is 14.8 Å². The smallest absolute Gasteiger partial charge is 0.243 e. The highest BCUT2D eigenvalue weighted by Crippen LogP contribution is 2.19. The maximum Gasteiger partial charge on any atom is 0.243 e. The van der Waals surface area contributed by atoms with Crippen LogP contribution in [0.15, 0.2) is 53.4 Å². The molecule has 0 heterocycles. The minimum Gasteiger partial charge on any atom is -0.326 e. The Kier molecular flexibility index (Phi) is 7.74. The largest absolute Gasteiger partial charge is 0.326 e. The fraction of sp³-hybridized carbons (Fsp3) is 0.300. The van der Waals surface area contributed by atoms with Crippen LogP contribution in [0.5, 0.6) is 0 Å². The number of ketones is 1. The van der Waals surface area contributed by atoms with Crippen molar-refractivity contribution in [3.05, 3.63) is 59.1 Å². The highest BCUT2D eigenvalue weighted by Gasteiger charge is 2.21. The van der Waals surface area contributed by atoms with Gasteiger partial charge in [0.2, 0.25) is 15.9 Å². The number of anilines is 1. The Bertz CT molecular complexity index is 922. The van der Waals surface area contributed by atoms with Crippen LogP contribution in [0.2, 0.25) is 5.02 Å². The van der Waals surface area contributed by atoms with Gasteiger partial charge in [-0.2, -0.15) is 4.31 Å². The molecule has 0 saturated carbocycles. The summed E-state index contributed by atoms with van der Waals surface area (Å²) in [6, 6.07) is 12.5. The second kappa shape index (κ2) is 9.82. The van der Waals surface area contributed by atoms with Gasteiger partial charge in [-0.25, -0.2) is 8.42 Å². The molecule has 1 N–H and O–H groups in total. The molecule has 0 saturated heterocycles. The summed E-state index contributed by atoms with van der Waals surface area (Å²) >= 11 is 5.79. The number of amides is 1. The van der Waals surface area contributed by atoms with Crippen molar-refractivity contribution in [1.29, 1.82) is 0 Å². The fourth-order valence-electron chi connectivity index (χ4n) is 2.65. The molecule has 8 heteroatoms. The lowest BCUT2D eigenvalue weighted by atomic mass is 10.1. The van der Waals surface area contributed by atoms with Crippen molar-refractivity contribution in [2.24, 2.45) is 0 Å². The lowest BCUT2D eigenvalue weighted by Gasteiger charge is -2.18. The third kappa shape index (κ3) is 5.64. The van der Waals surface area contributed by atoms with E-state index in [-0.39, 0.29) is 29.4 Å². The predicted octanol–water partition coefficient (Wildman–Crippen LogP) is 3.97. The van der Waals surface area contributed by atoms with E-state index in [1.807, 2.05) is 0 Å². The van der Waals surface area contributed by atoms with Gasteiger partial charge in [-0.1, -0.05) is 25.4 Å². The lowest BCUT2D eigenvalue weighted by molar-refractivity contribution is -0.116. The molecule has 1 amide bonds. The summed E-state index contributed by atoms with van der Waals surface area (Å²) in [5.74, 6) is -0.464. The Hall–Kier alpha value is -2.22. The van der Waals surface area contributed by atoms with E-state index in [9.17, 15) is 18.0 Å². The maximum absolute atomic E-state index is 12.5. The van der Waals surface area contributed by atoms with Gasteiger partial charge < -0.3 is 5.32 Å². The molecule has 150 valence electrons. The predicted molar refractivity (Wildman–Crippen MR) is 110 cm³/mol. The van der Waals surface area contributed by atoms with Gasteiger partial charge in [-0.15, -0.1) is 0 Å². The van der Waals surface area contributed by atoms with Gasteiger partial charge in [0.15, 0.2) is 5.78 Å². The summed E-state index contributed by atoms with van der Waals surface area (Å²) in [6.07, 6.45) is 0.100. The number of nitrogens with one attached hydrogen (secondary N) is 1. The van der Waals surface area contributed by atoms with Crippen molar-refractivity contribution in [1.82, 2.24) is 4.31 Å². The second-order valence-corrected chi connectivity index (χ2v) is 8.47. The maximum atomic E-state index is 12.5. The fourth-order valence-corrected chi connectivity index (χ4v) is 4.24. The van der Waals surface area contributed by atoms with E-state index in [1.54, 1.807) is 38.1 Å². The molecule has 0 radical (unpaired) electrons. The summed E-state index contributed by atoms with van der Waals surface area (Å²) in [5.41, 5.74) is 0.977. The van der Waals surface area contributed by atoms with Crippen LogP contribution in [0.1, 0.15) is 37.0 Å². The Morgan fingerprint density at radius 3 is 2.04 bits per heavy atom. The van der Waals surface area contributed by atoms with Crippen molar-refractivity contribution >= 4 is 39.0 Å². The molecule has 2 aromatic carbocycles. The first-order valence-electron chi connectivity index (χ1n) is 8.96. The van der Waals surface area contributed by atoms with Gasteiger partial charge in [0, 0.05) is 42.2 Å². The minimum atomic E-state index is -3.54. The van der Waals surface area contributed by atoms with Gasteiger partial charge in [0.05, 0.1) is 4.90 Å². The first-order chi connectivity index (χ1) is 13.3. The number of benzene rings is 2. The third-order valence-electron chi connectivity index (χ3n) is 4.23. The molecule has 0 aliphatic heterocycles. The van der Waals surface area contributed by atoms with Gasteiger partial charge >= 0.3 is 0 Å². The number of sulfonamides is 1. The third-order valence-corrected chi connectivity index (χ3v) is 6.54. The first kappa shape index (κ1) is 22.1. The zero-order valence-electron chi connectivity index (χ0n) is 15.8. The van der Waals surface area contributed by atoms with Gasteiger partial charge in [0.25, 0.3) is 0 Å². The molecular formula is C20H23ClN2O4S. The molecule has 0 spiro atoms. The van der Waals surface area contributed by atoms with Crippen LogP contribution in [-0.4, -0.2) is 37.5 Å². The zero-order chi connectivity index (χ0) is 20.7. The van der Waals surface area contributed by atoms with Crippen LogP contribution in [0.3, 0.4) is 0 Å². The molecule has 6 nitrogen and oxygen atoms in total. The molecule has 0 bridgehead atoms. The molecule has 0 atom stereocenters. The van der Waals surface area contributed by atoms with Gasteiger partial charge in [-0.3, -0.25) is 9.59 Å². The number of carbonyl (C=O) groups excluding carboxylic acids is 2. The van der Waals surface area contributed by atoms with Gasteiger partial charge in [-0.05, 0) is 48.5 Å². The van der Waals surface area contributed by atoms with Crippen LogP contribution in [0.4, 0.5) is 5.69 Å². The topological polar surface area (TPSA) is 83.6 Å². The number of Topliss-reactive ketones (excluding diaryl/α,β-unsaturated/α-hetero) is 1. The van der Waals surface area contributed by atoms with Crippen LogP contribution >= 0.6 is 11.6 Å². The number of hydrogen-bond donors (Lipinski definition) is 1. The van der Waals surface area contributed by atoms with E-state index >= 15 is 0 Å². The molecule has 2 aromatic rings. The summed E-state index contributed by atoms with van der Waals surface area (Å²) in [5, 5.41) is 3.22. The molecule has 28 heavy (non-hydrogen) atoms. The van der Waals surface area contributed by atoms with Crippen LogP contribution in [0.25, 0.3) is 0 Å². The number of rotatable bonds is 9. The Labute approximate surface area is 170 Å². The van der Waals surface area contributed by atoms with E-state index in [1.165, 1.54) is 28.6 Å². The molecule has 0 aliphatic rings. The van der Waals surface area contributed by atoms with Crippen LogP contribution in [0, 0.1) is 0 Å². The molecule has 0 unspecified atom stereocenters. The van der Waals surface area contributed by atoms with Crippen molar-refractivity contribution in [2.75, 3.05) is 18.4 Å². The minimum absolute atomic E-state index is 0.0287. The normalized spacial score (nSPS) is 11.4. The van der Waals surface area contributed by atoms with E-state index in [4.69, 9.17) is 11.6 Å². The average Bonchev–Trinajstić information content (AvgIpc) is 2.68. The van der Waals surface area contributed by atoms with E-state index in [0.717, 1.165) is 0 Å². The summed E-state index contributed by atoms with van der Waals surface area (Å²) in [6.45, 7) is 4.33. The summed E-state index contributed by atoms with van der Waals surface area (Å²) in [4.78, 5) is 24.3. The number of halogens is 1. The summed E-state index contributed by atoms with van der Waals surface area (Å²) < 4.78 is 26.3. The van der Waals surface area contributed by atoms with Crippen molar-refractivity contribution in [3.63, 3.8) is 0 Å². The Morgan fingerprint density at radius 2 is 1.50 bits per heavy atom. The number of nitrogens with zero attached hydrogens (tertiary/aromatic N) is 1. The Balaban J connectivity index is 1.94. The van der Waals surface area contributed by atoms with Crippen molar-refractivity contribution < 1.29 is 18.0 Å². The highest BCUT2D eigenvalue weighted by atomic mass is 35.5. The first-order valence-corrected chi connectivity index (χ1v) is 10.8. The standard InChI is InChI=1S/C20H23ClN2O4S/c1-3-23(4-2)28(26,27)18-11-9-17(10-12-18)22-20(25)14-13-19(24)15-5-7-16(21)8-6-15/h5-12H,3-4,13-14H2,1-2H3,(H,22,25). The zero-order valence-corrected chi connectivity index (χ0v) is 17.4. The second-order valence-electron chi connectivity index (χ2n) is 6.09. The number of hydrogen-bond acceptors (Lipinski definition) is 4. The summed E-state index contributed by atoms with van der Waals surface area (Å²) in [7, 11) is -3.54.